The topological polar surface area (TPSA) is 92.6 Å². The normalized spacial score (nSPS) is 10.3. The average Bonchev–Trinajstić information content (AvgIpc) is 2.58. The number of nitro groups is 1. The van der Waals surface area contributed by atoms with Gasteiger partial charge in [0, 0.05) is 36.3 Å². The Morgan fingerprint density at radius 3 is 2.35 bits per heavy atom. The highest BCUT2D eigenvalue weighted by atomic mass is 32.2. The number of carbonyl (C=O) groups is 2. The zero-order valence-corrected chi connectivity index (χ0v) is 15.1. The van der Waals surface area contributed by atoms with E-state index in [1.165, 1.54) is 11.8 Å². The van der Waals surface area contributed by atoms with Gasteiger partial charge in [-0.2, -0.15) is 0 Å². The maximum absolute atomic E-state index is 13.8. The summed E-state index contributed by atoms with van der Waals surface area (Å²) in [5, 5.41) is 13.4. The van der Waals surface area contributed by atoms with Gasteiger partial charge < -0.3 is 10.2 Å². The number of hydrogen-bond acceptors (Lipinski definition) is 5. The molecule has 0 radical (unpaired) electrons. The second kappa shape index (κ2) is 7.96. The molecule has 0 spiro atoms. The lowest BCUT2D eigenvalue weighted by molar-refractivity contribution is -0.385. The molecular formula is C17H16FN3O4S. The van der Waals surface area contributed by atoms with Gasteiger partial charge in [0.25, 0.3) is 16.8 Å². The molecule has 0 aliphatic heterocycles. The molecule has 7 nitrogen and oxygen atoms in total. The first-order valence-electron chi connectivity index (χ1n) is 7.44. The summed E-state index contributed by atoms with van der Waals surface area (Å²) < 4.78 is 13.8. The summed E-state index contributed by atoms with van der Waals surface area (Å²) in [5.74, 6) is -1.49. The van der Waals surface area contributed by atoms with Crippen LogP contribution in [0.25, 0.3) is 0 Å². The Hall–Kier alpha value is -2.94. The molecule has 9 heteroatoms. The number of benzene rings is 2. The van der Waals surface area contributed by atoms with Gasteiger partial charge in [-0.05, 0) is 49.0 Å². The lowest BCUT2D eigenvalue weighted by Crippen LogP contribution is -2.16. The Bertz CT molecular complexity index is 869. The Kier molecular flexibility index (Phi) is 5.93. The smallest absolute Gasteiger partial charge is 0.285 e. The van der Waals surface area contributed by atoms with Crippen molar-refractivity contribution in [3.63, 3.8) is 0 Å². The number of thioether (sulfide) groups is 1. The van der Waals surface area contributed by atoms with Crippen LogP contribution < -0.4 is 5.32 Å². The molecule has 0 bridgehead atoms. The van der Waals surface area contributed by atoms with Gasteiger partial charge in [-0.1, -0.05) is 0 Å². The molecule has 2 aromatic rings. The molecule has 0 aliphatic rings. The van der Waals surface area contributed by atoms with Crippen LogP contribution in [0, 0.1) is 22.9 Å². The van der Waals surface area contributed by atoms with Crippen molar-refractivity contribution in [2.24, 2.45) is 0 Å². The highest BCUT2D eigenvalue weighted by Crippen LogP contribution is 2.25. The van der Waals surface area contributed by atoms with Crippen LogP contribution in [-0.4, -0.2) is 35.1 Å². The Morgan fingerprint density at radius 1 is 1.19 bits per heavy atom. The number of anilines is 1. The highest BCUT2D eigenvalue weighted by molar-refractivity contribution is 8.13. The van der Waals surface area contributed by atoms with Gasteiger partial charge in [0.1, 0.15) is 5.82 Å². The minimum Gasteiger partial charge on any atom is -0.339 e. The van der Waals surface area contributed by atoms with Crippen LogP contribution in [0.2, 0.25) is 0 Å². The number of rotatable bonds is 4. The monoisotopic (exact) mass is 377 g/mol. The molecule has 2 rings (SSSR count). The largest absolute Gasteiger partial charge is 0.339 e. The van der Waals surface area contributed by atoms with E-state index in [1.54, 1.807) is 38.4 Å². The molecule has 26 heavy (non-hydrogen) atoms. The Balaban J connectivity index is 2.15. The van der Waals surface area contributed by atoms with E-state index in [1.807, 2.05) is 0 Å². The zero-order valence-electron chi connectivity index (χ0n) is 14.3. The van der Waals surface area contributed by atoms with Crippen LogP contribution >= 0.6 is 11.8 Å². The number of carbonyl (C=O) groups excluding carboxylic acids is 2. The molecule has 0 aromatic heterocycles. The van der Waals surface area contributed by atoms with Crippen LogP contribution in [0.1, 0.15) is 15.9 Å². The van der Waals surface area contributed by atoms with Crippen LogP contribution in [0.3, 0.4) is 0 Å². The molecule has 0 atom stereocenters. The van der Waals surface area contributed by atoms with Crippen molar-refractivity contribution in [1.82, 2.24) is 4.90 Å². The lowest BCUT2D eigenvalue weighted by Gasteiger charge is -2.10. The van der Waals surface area contributed by atoms with Crippen molar-refractivity contribution in [2.45, 2.75) is 11.8 Å². The van der Waals surface area contributed by atoms with Crippen molar-refractivity contribution in [3.8, 4) is 0 Å². The predicted octanol–water partition coefficient (Wildman–Crippen LogP) is 4.07. The zero-order chi connectivity index (χ0) is 19.4. The number of halogens is 1. The van der Waals surface area contributed by atoms with Gasteiger partial charge in [-0.25, -0.2) is 4.39 Å². The number of amides is 2. The third-order valence-corrected chi connectivity index (χ3v) is 4.51. The van der Waals surface area contributed by atoms with Crippen LogP contribution in [-0.2, 0) is 0 Å². The summed E-state index contributed by atoms with van der Waals surface area (Å²) in [5.41, 5.74) is -0.316. The highest BCUT2D eigenvalue weighted by Gasteiger charge is 2.19. The molecule has 0 aliphatic carbocycles. The molecule has 2 aromatic carbocycles. The van der Waals surface area contributed by atoms with E-state index in [9.17, 15) is 24.1 Å². The molecule has 2 amide bonds. The lowest BCUT2D eigenvalue weighted by atomic mass is 10.1. The minimum atomic E-state index is -0.821. The fraction of sp³-hybridized carbons (Fsp3) is 0.176. The summed E-state index contributed by atoms with van der Waals surface area (Å²) in [6.07, 6.45) is 0. The van der Waals surface area contributed by atoms with Crippen molar-refractivity contribution in [2.75, 3.05) is 19.4 Å². The molecule has 0 saturated carbocycles. The second-order valence-corrected chi connectivity index (χ2v) is 6.62. The van der Waals surface area contributed by atoms with E-state index in [-0.39, 0.29) is 16.4 Å². The maximum atomic E-state index is 13.8. The third-order valence-electron chi connectivity index (χ3n) is 3.46. The van der Waals surface area contributed by atoms with E-state index in [4.69, 9.17) is 0 Å². The molecule has 0 heterocycles. The number of nitrogens with one attached hydrogen (secondary N) is 1. The van der Waals surface area contributed by atoms with E-state index in [0.717, 1.165) is 23.9 Å². The van der Waals surface area contributed by atoms with E-state index >= 15 is 0 Å². The van der Waals surface area contributed by atoms with Gasteiger partial charge in [-0.3, -0.25) is 19.7 Å². The first-order chi connectivity index (χ1) is 12.2. The molecule has 0 saturated heterocycles. The van der Waals surface area contributed by atoms with E-state index < -0.39 is 22.3 Å². The standard InChI is InChI=1S/C17H16FN3O4S/c1-10-14(18)8-11(9-15(10)21(24)25)16(22)19-12-4-6-13(7-5-12)26-17(23)20(2)3/h4-9H,1-3H3,(H,19,22). The number of nitrogens with zero attached hydrogens (tertiary/aromatic N) is 2. The van der Waals surface area contributed by atoms with Crippen molar-refractivity contribution in [1.29, 1.82) is 0 Å². The van der Waals surface area contributed by atoms with Gasteiger partial charge in [0.05, 0.1) is 10.5 Å². The quantitative estimate of drug-likeness (QED) is 0.493. The summed E-state index contributed by atoms with van der Waals surface area (Å²) in [6, 6.07) is 8.47. The summed E-state index contributed by atoms with van der Waals surface area (Å²) >= 11 is 1.03. The predicted molar refractivity (Wildman–Crippen MR) is 97.1 cm³/mol. The Labute approximate surface area is 153 Å². The summed E-state index contributed by atoms with van der Waals surface area (Å²) in [4.78, 5) is 36.2. The third kappa shape index (κ3) is 4.57. The molecule has 0 fully saturated rings. The van der Waals surface area contributed by atoms with Gasteiger partial charge in [-0.15, -0.1) is 0 Å². The number of nitro benzene ring substituents is 1. The SMILES string of the molecule is Cc1c(F)cc(C(=O)Nc2ccc(SC(=O)N(C)C)cc2)cc1[N+](=O)[O-]. The van der Waals surface area contributed by atoms with E-state index in [2.05, 4.69) is 5.32 Å². The van der Waals surface area contributed by atoms with Gasteiger partial charge >= 0.3 is 0 Å². The van der Waals surface area contributed by atoms with Crippen LogP contribution in [0.4, 0.5) is 20.6 Å². The first-order valence-corrected chi connectivity index (χ1v) is 8.25. The fourth-order valence-electron chi connectivity index (χ4n) is 1.99. The van der Waals surface area contributed by atoms with Crippen LogP contribution in [0.15, 0.2) is 41.3 Å². The van der Waals surface area contributed by atoms with Crippen molar-refractivity contribution >= 4 is 34.3 Å². The van der Waals surface area contributed by atoms with Crippen molar-refractivity contribution < 1.29 is 18.9 Å². The Morgan fingerprint density at radius 2 is 1.81 bits per heavy atom. The van der Waals surface area contributed by atoms with Gasteiger partial charge in [0.2, 0.25) is 0 Å². The molecular weight excluding hydrogens is 361 g/mol. The average molecular weight is 377 g/mol. The molecule has 0 unspecified atom stereocenters. The maximum Gasteiger partial charge on any atom is 0.285 e. The first kappa shape index (κ1) is 19.4. The molecule has 136 valence electrons. The van der Waals surface area contributed by atoms with Crippen molar-refractivity contribution in [3.05, 3.63) is 63.5 Å². The minimum absolute atomic E-state index is 0.126. The number of hydrogen-bond donors (Lipinski definition) is 1. The fourth-order valence-corrected chi connectivity index (χ4v) is 2.64. The summed E-state index contributed by atoms with van der Waals surface area (Å²) in [6.45, 7) is 1.28. The summed E-state index contributed by atoms with van der Waals surface area (Å²) in [7, 11) is 3.29. The second-order valence-electron chi connectivity index (χ2n) is 5.60. The van der Waals surface area contributed by atoms with Crippen LogP contribution in [0.5, 0.6) is 0 Å². The van der Waals surface area contributed by atoms with E-state index in [0.29, 0.717) is 10.6 Å². The van der Waals surface area contributed by atoms with Gasteiger partial charge in [0.15, 0.2) is 0 Å². The molecule has 1 N–H and O–H groups in total.